The van der Waals surface area contributed by atoms with E-state index >= 15 is 0 Å². The summed E-state index contributed by atoms with van der Waals surface area (Å²) in [5.41, 5.74) is 2.50. The van der Waals surface area contributed by atoms with Crippen molar-refractivity contribution in [3.05, 3.63) is 66.7 Å². The number of hydrogen-bond donors (Lipinski definition) is 3. The molecule has 1 saturated heterocycles. The van der Waals surface area contributed by atoms with Gasteiger partial charge >= 0.3 is 18.1 Å². The highest BCUT2D eigenvalue weighted by atomic mass is 16.6. The third-order valence-corrected chi connectivity index (χ3v) is 9.37. The average molecular weight is 700 g/mol. The fraction of sp³-hybridized carbons (Fsp3) is 0.447. The van der Waals surface area contributed by atoms with Gasteiger partial charge in [0.1, 0.15) is 34.8 Å². The van der Waals surface area contributed by atoms with Crippen molar-refractivity contribution in [2.75, 3.05) is 20.2 Å². The minimum atomic E-state index is -1.46. The largest absolute Gasteiger partial charge is 0.497 e. The summed E-state index contributed by atoms with van der Waals surface area (Å²) < 4.78 is 17.6. The summed E-state index contributed by atoms with van der Waals surface area (Å²) in [4.78, 5) is 60.0. The zero-order chi connectivity index (χ0) is 36.3. The van der Waals surface area contributed by atoms with Gasteiger partial charge in [-0.1, -0.05) is 48.9 Å². The van der Waals surface area contributed by atoms with Crippen molar-refractivity contribution in [2.45, 2.75) is 82.6 Å². The Kier molecular flexibility index (Phi) is 10.1. The van der Waals surface area contributed by atoms with Gasteiger partial charge in [-0.3, -0.25) is 4.79 Å². The molecule has 1 aromatic heterocycles. The first kappa shape index (κ1) is 35.5. The smallest absolute Gasteiger partial charge is 0.426 e. The molecule has 2 aliphatic heterocycles. The predicted octanol–water partition coefficient (Wildman–Crippen LogP) is 5.68. The van der Waals surface area contributed by atoms with Gasteiger partial charge in [-0.25, -0.2) is 29.8 Å². The lowest BCUT2D eigenvalue weighted by atomic mass is 10.1. The molecule has 0 bridgehead atoms. The summed E-state index contributed by atoms with van der Waals surface area (Å²) >= 11 is 0. The van der Waals surface area contributed by atoms with Crippen LogP contribution >= 0.6 is 0 Å². The van der Waals surface area contributed by atoms with Gasteiger partial charge in [0, 0.05) is 42.0 Å². The van der Waals surface area contributed by atoms with Crippen molar-refractivity contribution in [3.63, 3.8) is 0 Å². The number of hydrogen-bond acceptors (Lipinski definition) is 8. The molecule has 3 N–H and O–H groups in total. The number of carboxylic acid groups (broad SMARTS) is 1. The Morgan fingerprint density at radius 2 is 1.84 bits per heavy atom. The Bertz CT molecular complexity index is 1830. The van der Waals surface area contributed by atoms with E-state index in [1.165, 1.54) is 9.91 Å². The van der Waals surface area contributed by atoms with E-state index in [2.05, 4.69) is 10.7 Å². The number of hydrazine groups is 1. The number of amides is 4. The number of benzene rings is 2. The van der Waals surface area contributed by atoms with E-state index in [0.717, 1.165) is 24.8 Å². The fourth-order valence-corrected chi connectivity index (χ4v) is 6.68. The maximum atomic E-state index is 14.3. The molecule has 0 spiro atoms. The number of pyridine rings is 1. The van der Waals surface area contributed by atoms with Crippen LogP contribution in [0, 0.1) is 5.92 Å². The Hall–Kier alpha value is -5.33. The van der Waals surface area contributed by atoms with Crippen LogP contribution in [0.25, 0.3) is 22.2 Å². The molecule has 1 saturated carbocycles. The van der Waals surface area contributed by atoms with E-state index < -0.39 is 47.3 Å². The molecule has 13 heteroatoms. The van der Waals surface area contributed by atoms with E-state index in [4.69, 9.17) is 19.2 Å². The normalized spacial score (nSPS) is 24.7. The number of ether oxygens (including phenoxy) is 3. The summed E-state index contributed by atoms with van der Waals surface area (Å²) in [6, 6.07) is 15.2. The second-order valence-electron chi connectivity index (χ2n) is 14.3. The topological polar surface area (TPSA) is 160 Å². The number of urea groups is 1. The van der Waals surface area contributed by atoms with Gasteiger partial charge in [-0.05, 0) is 58.6 Å². The highest BCUT2D eigenvalue weighted by Crippen LogP contribution is 2.45. The quantitative estimate of drug-likeness (QED) is 0.275. The lowest BCUT2D eigenvalue weighted by Crippen LogP contribution is -2.58. The van der Waals surface area contributed by atoms with Gasteiger partial charge in [-0.2, -0.15) is 0 Å². The van der Waals surface area contributed by atoms with E-state index in [1.54, 1.807) is 33.9 Å². The Morgan fingerprint density at radius 3 is 2.57 bits per heavy atom. The lowest BCUT2D eigenvalue weighted by Gasteiger charge is -2.32. The third kappa shape index (κ3) is 8.03. The SMILES string of the molecule is COc1ccc2c(OC3CC4C(=O)NC5(C(=O)O)CC5/C=C/CCCCCN(NC(=O)OC(C)(C)C)C(=O)N4C3)cc(-c3ccccc3)nc2c1. The number of nitrogens with zero attached hydrogens (tertiary/aromatic N) is 3. The number of carbonyl (C=O) groups is 4. The molecule has 51 heavy (non-hydrogen) atoms. The average Bonchev–Trinajstić information content (AvgIpc) is 3.63. The fourth-order valence-electron chi connectivity index (χ4n) is 6.68. The molecule has 2 fully saturated rings. The van der Waals surface area contributed by atoms with Crippen molar-refractivity contribution >= 4 is 34.9 Å². The standard InChI is InChI=1S/C38H45N5O8/c1-37(2,3)51-35(47)41-43-18-12-7-5-6-11-15-25-22-38(25,34(45)46)40-33(44)31-20-27(23-42(31)36(43)48)50-32-21-29(24-13-9-8-10-14-24)39-30-19-26(49-4)16-17-28(30)32/h8-11,13-17,19,21,25,27,31H,5-7,12,18,20,22-23H2,1-4H3,(H,40,44)(H,41,47)(H,45,46)/b15-11+. The predicted molar refractivity (Wildman–Crippen MR) is 189 cm³/mol. The van der Waals surface area contributed by atoms with Gasteiger partial charge in [0.25, 0.3) is 0 Å². The van der Waals surface area contributed by atoms with Gasteiger partial charge < -0.3 is 29.5 Å². The van der Waals surface area contributed by atoms with Crippen LogP contribution in [0.15, 0.2) is 66.7 Å². The molecule has 1 aliphatic carbocycles. The third-order valence-electron chi connectivity index (χ3n) is 9.37. The minimum Gasteiger partial charge on any atom is -0.497 e. The zero-order valence-corrected chi connectivity index (χ0v) is 29.4. The van der Waals surface area contributed by atoms with Crippen molar-refractivity contribution in [1.82, 2.24) is 25.6 Å². The molecule has 6 rings (SSSR count). The number of aliphatic carboxylic acids is 1. The van der Waals surface area contributed by atoms with Crippen LogP contribution in [-0.4, -0.2) is 87.5 Å². The van der Waals surface area contributed by atoms with Crippen LogP contribution < -0.4 is 20.2 Å². The maximum absolute atomic E-state index is 14.3. The van der Waals surface area contributed by atoms with E-state index in [9.17, 15) is 24.3 Å². The highest BCUT2D eigenvalue weighted by molar-refractivity contribution is 5.95. The van der Waals surface area contributed by atoms with Crippen LogP contribution in [0.4, 0.5) is 9.59 Å². The molecule has 3 aliphatic rings. The number of rotatable bonds is 6. The van der Waals surface area contributed by atoms with Crippen molar-refractivity contribution in [2.24, 2.45) is 5.92 Å². The summed E-state index contributed by atoms with van der Waals surface area (Å²) in [6.45, 7) is 5.34. The number of aromatic nitrogens is 1. The van der Waals surface area contributed by atoms with Crippen LogP contribution in [-0.2, 0) is 14.3 Å². The number of carbonyl (C=O) groups excluding carboxylic acids is 3. The van der Waals surface area contributed by atoms with E-state index in [-0.39, 0.29) is 31.8 Å². The number of fused-ring (bicyclic) bond motifs is 3. The molecule has 270 valence electrons. The molecule has 0 radical (unpaired) electrons. The van der Waals surface area contributed by atoms with Gasteiger partial charge in [0.2, 0.25) is 5.91 Å². The first-order valence-corrected chi connectivity index (χ1v) is 17.4. The van der Waals surface area contributed by atoms with Gasteiger partial charge in [0.15, 0.2) is 0 Å². The number of allylic oxidation sites excluding steroid dienone is 1. The number of methoxy groups -OCH3 is 1. The van der Waals surface area contributed by atoms with Gasteiger partial charge in [0.05, 0.1) is 24.9 Å². The summed E-state index contributed by atoms with van der Waals surface area (Å²) in [5, 5.41) is 14.9. The molecule has 3 heterocycles. The lowest BCUT2D eigenvalue weighted by molar-refractivity contribution is -0.144. The molecule has 4 unspecified atom stereocenters. The Morgan fingerprint density at radius 1 is 1.06 bits per heavy atom. The van der Waals surface area contributed by atoms with Crippen molar-refractivity contribution < 1.29 is 38.5 Å². The van der Waals surface area contributed by atoms with E-state index in [0.29, 0.717) is 34.5 Å². The molecular formula is C38H45N5O8. The zero-order valence-electron chi connectivity index (χ0n) is 29.4. The maximum Gasteiger partial charge on any atom is 0.426 e. The molecule has 2 aromatic carbocycles. The van der Waals surface area contributed by atoms with Crippen LogP contribution in [0.3, 0.4) is 0 Å². The van der Waals surface area contributed by atoms with Crippen molar-refractivity contribution in [3.8, 4) is 22.8 Å². The van der Waals surface area contributed by atoms with Gasteiger partial charge in [-0.15, -0.1) is 0 Å². The first-order chi connectivity index (χ1) is 24.4. The van der Waals surface area contributed by atoms with Crippen LogP contribution in [0.5, 0.6) is 11.5 Å². The number of carboxylic acids is 1. The first-order valence-electron chi connectivity index (χ1n) is 17.4. The second kappa shape index (κ2) is 14.5. The van der Waals surface area contributed by atoms with E-state index in [1.807, 2.05) is 60.7 Å². The Balaban J connectivity index is 1.34. The van der Waals surface area contributed by atoms with Crippen LogP contribution in [0.2, 0.25) is 0 Å². The van der Waals surface area contributed by atoms with Crippen LogP contribution in [0.1, 0.15) is 59.3 Å². The molecule has 13 nitrogen and oxygen atoms in total. The minimum absolute atomic E-state index is 0.00649. The molecule has 4 amide bonds. The second-order valence-corrected chi connectivity index (χ2v) is 14.3. The summed E-state index contributed by atoms with van der Waals surface area (Å²) in [6.07, 6.45) is 5.55. The monoisotopic (exact) mass is 699 g/mol. The van der Waals surface area contributed by atoms with Crippen molar-refractivity contribution in [1.29, 1.82) is 0 Å². The summed E-state index contributed by atoms with van der Waals surface area (Å²) in [5.74, 6) is -0.963. The number of nitrogens with one attached hydrogen (secondary N) is 2. The highest BCUT2D eigenvalue weighted by Gasteiger charge is 2.61. The molecular weight excluding hydrogens is 654 g/mol. The molecule has 4 atom stereocenters. The molecule has 3 aromatic rings. The summed E-state index contributed by atoms with van der Waals surface area (Å²) in [7, 11) is 1.58. The Labute approximate surface area is 296 Å².